The van der Waals surface area contributed by atoms with Crippen LogP contribution in [0.3, 0.4) is 0 Å². The van der Waals surface area contributed by atoms with Crippen LogP contribution in [0.15, 0.2) is 11.5 Å². The largest absolute Gasteiger partial charge is 0.505 e. The van der Waals surface area contributed by atoms with Crippen LogP contribution in [0.1, 0.15) is 19.8 Å². The van der Waals surface area contributed by atoms with Gasteiger partial charge in [-0.15, -0.1) is 0 Å². The zero-order chi connectivity index (χ0) is 11.0. The number of carbonyl (C=O) groups is 2. The summed E-state index contributed by atoms with van der Waals surface area (Å²) in [5.41, 5.74) is -0.561. The lowest BCUT2D eigenvalue weighted by molar-refractivity contribution is -0.138. The van der Waals surface area contributed by atoms with Gasteiger partial charge in [0, 0.05) is 12.8 Å². The Balaban J connectivity index is 4.58. The highest BCUT2D eigenvalue weighted by atomic mass is 16.5. The van der Waals surface area contributed by atoms with Crippen molar-refractivity contribution in [2.75, 3.05) is 6.61 Å². The summed E-state index contributed by atoms with van der Waals surface area (Å²) in [6.45, 7) is 1.69. The molecule has 0 radical (unpaired) electrons. The standard InChI is InChI=1S/C8H10N2O4/c1-2-14-8(13)7(10-9)6(12)4-3-5-11/h5H,2-4H2,1H3/p+1. The van der Waals surface area contributed by atoms with Gasteiger partial charge in [-0.05, 0) is 6.92 Å². The van der Waals surface area contributed by atoms with Crippen LogP contribution in [0.4, 0.5) is 0 Å². The first-order valence-electron chi connectivity index (χ1n) is 4.05. The van der Waals surface area contributed by atoms with Gasteiger partial charge in [0.2, 0.25) is 5.39 Å². The van der Waals surface area contributed by atoms with E-state index in [1.807, 2.05) is 0 Å². The Morgan fingerprint density at radius 2 is 2.29 bits per heavy atom. The zero-order valence-electron chi connectivity index (χ0n) is 7.77. The molecule has 6 nitrogen and oxygen atoms in total. The molecule has 76 valence electrons. The van der Waals surface area contributed by atoms with Crippen molar-refractivity contribution in [3.63, 3.8) is 0 Å². The predicted molar refractivity (Wildman–Crippen MR) is 46.7 cm³/mol. The molecule has 0 unspecified atom stereocenters. The van der Waals surface area contributed by atoms with E-state index < -0.39 is 17.4 Å². The van der Waals surface area contributed by atoms with Crippen LogP contribution in [0.25, 0.3) is 4.98 Å². The van der Waals surface area contributed by atoms with Gasteiger partial charge in [0.15, 0.2) is 10.7 Å². The van der Waals surface area contributed by atoms with Crippen LogP contribution in [0.2, 0.25) is 0 Å². The van der Waals surface area contributed by atoms with E-state index in [9.17, 15) is 14.7 Å². The van der Waals surface area contributed by atoms with Crippen molar-refractivity contribution < 1.29 is 19.4 Å². The fourth-order valence-electron chi connectivity index (χ4n) is 0.730. The summed E-state index contributed by atoms with van der Waals surface area (Å²) in [6, 6.07) is 0. The Labute approximate surface area is 80.8 Å². The number of hydrogen-bond donors (Lipinski definition) is 1. The van der Waals surface area contributed by atoms with Crippen LogP contribution < -0.4 is 0 Å². The average molecular weight is 199 g/mol. The first-order valence-corrected chi connectivity index (χ1v) is 4.05. The number of allylic oxidation sites excluding steroid dienone is 1. The van der Waals surface area contributed by atoms with Gasteiger partial charge in [0.25, 0.3) is 0 Å². The number of esters is 1. The van der Waals surface area contributed by atoms with E-state index in [0.717, 1.165) is 0 Å². The number of nitrogens with zero attached hydrogens (tertiary/aromatic N) is 2. The third kappa shape index (κ3) is 3.67. The lowest BCUT2D eigenvalue weighted by Gasteiger charge is -1.94. The second-order valence-electron chi connectivity index (χ2n) is 2.32. The molecule has 0 aromatic rings. The van der Waals surface area contributed by atoms with Crippen LogP contribution >= 0.6 is 0 Å². The lowest BCUT2D eigenvalue weighted by Crippen LogP contribution is -2.07. The highest BCUT2D eigenvalue weighted by Gasteiger charge is 2.29. The molecular weight excluding hydrogens is 188 g/mol. The summed E-state index contributed by atoms with van der Waals surface area (Å²) in [5.74, 6) is -1.38. The van der Waals surface area contributed by atoms with Crippen molar-refractivity contribution in [3.8, 4) is 0 Å². The Morgan fingerprint density at radius 1 is 1.64 bits per heavy atom. The SMILES string of the molecule is CCOC(=O)/C([N+]#N)=C(\O)CCC=O. The molecule has 0 spiro atoms. The van der Waals surface area contributed by atoms with E-state index in [4.69, 9.17) is 5.39 Å². The Bertz CT molecular complexity index is 290. The lowest BCUT2D eigenvalue weighted by atomic mass is 10.2. The minimum absolute atomic E-state index is 0.0459. The number of diazo groups is 1. The average Bonchev–Trinajstić information content (AvgIpc) is 2.16. The van der Waals surface area contributed by atoms with Crippen molar-refractivity contribution >= 4 is 12.3 Å². The molecule has 0 saturated carbocycles. The molecular formula is C8H11N2O4+. The van der Waals surface area contributed by atoms with Crippen LogP contribution in [-0.2, 0) is 14.3 Å². The molecule has 1 N–H and O–H groups in total. The molecule has 0 fully saturated rings. The fourth-order valence-corrected chi connectivity index (χ4v) is 0.730. The molecule has 6 heteroatoms. The van der Waals surface area contributed by atoms with Crippen molar-refractivity contribution in [3.05, 3.63) is 16.4 Å². The third-order valence-corrected chi connectivity index (χ3v) is 1.34. The fraction of sp³-hybridized carbons (Fsp3) is 0.500. The molecule has 0 atom stereocenters. The summed E-state index contributed by atoms with van der Waals surface area (Å²) in [7, 11) is 0. The molecule has 0 aliphatic rings. The Kier molecular flexibility index (Phi) is 5.70. The monoisotopic (exact) mass is 199 g/mol. The van der Waals surface area contributed by atoms with Gasteiger partial charge in [-0.25, -0.2) is 4.79 Å². The van der Waals surface area contributed by atoms with Crippen LogP contribution in [-0.4, -0.2) is 24.0 Å². The number of hydrogen-bond acceptors (Lipinski definition) is 5. The van der Waals surface area contributed by atoms with Crippen molar-refractivity contribution in [1.82, 2.24) is 0 Å². The number of carbonyl (C=O) groups excluding carboxylic acids is 2. The van der Waals surface area contributed by atoms with E-state index in [2.05, 4.69) is 9.71 Å². The van der Waals surface area contributed by atoms with Gasteiger partial charge >= 0.3 is 11.7 Å². The number of ether oxygens (including phenoxy) is 1. The molecule has 0 aromatic heterocycles. The van der Waals surface area contributed by atoms with Gasteiger partial charge in [0.05, 0.1) is 6.61 Å². The highest BCUT2D eigenvalue weighted by Crippen LogP contribution is 2.10. The minimum Gasteiger partial charge on any atom is -0.505 e. The molecule has 0 bridgehead atoms. The highest BCUT2D eigenvalue weighted by molar-refractivity contribution is 5.90. The Hall–Kier alpha value is -1.90. The maximum absolute atomic E-state index is 11.0. The summed E-state index contributed by atoms with van der Waals surface area (Å²) in [5, 5.41) is 17.6. The van der Waals surface area contributed by atoms with E-state index in [1.54, 1.807) is 6.92 Å². The van der Waals surface area contributed by atoms with E-state index in [-0.39, 0.29) is 19.4 Å². The van der Waals surface area contributed by atoms with Crippen molar-refractivity contribution in [2.24, 2.45) is 0 Å². The smallest absolute Gasteiger partial charge is 0.505 e. The quantitative estimate of drug-likeness (QED) is 0.236. The number of aliphatic hydroxyl groups is 1. The van der Waals surface area contributed by atoms with Gasteiger partial charge in [-0.1, -0.05) is 0 Å². The first-order chi connectivity index (χ1) is 6.67. The summed E-state index contributed by atoms with van der Waals surface area (Å²) >= 11 is 0. The number of aliphatic hydroxyl groups excluding tert-OH is 1. The van der Waals surface area contributed by atoms with Crippen molar-refractivity contribution in [2.45, 2.75) is 19.8 Å². The van der Waals surface area contributed by atoms with E-state index in [0.29, 0.717) is 6.29 Å². The molecule has 0 amide bonds. The van der Waals surface area contributed by atoms with Gasteiger partial charge < -0.3 is 14.6 Å². The molecule has 0 aliphatic heterocycles. The molecule has 0 aromatic carbocycles. The van der Waals surface area contributed by atoms with Crippen LogP contribution in [0.5, 0.6) is 0 Å². The third-order valence-electron chi connectivity index (χ3n) is 1.34. The predicted octanol–water partition coefficient (Wildman–Crippen LogP) is 1.15. The number of rotatable bonds is 5. The molecule has 0 saturated heterocycles. The number of aldehydes is 1. The maximum atomic E-state index is 11.0. The molecule has 0 heterocycles. The first kappa shape index (κ1) is 12.1. The van der Waals surface area contributed by atoms with Crippen LogP contribution in [0, 0.1) is 5.39 Å². The zero-order valence-corrected chi connectivity index (χ0v) is 7.77. The van der Waals surface area contributed by atoms with E-state index >= 15 is 0 Å². The van der Waals surface area contributed by atoms with Gasteiger partial charge in [-0.2, -0.15) is 0 Å². The minimum atomic E-state index is -0.918. The summed E-state index contributed by atoms with van der Waals surface area (Å²) < 4.78 is 4.50. The molecule has 0 rings (SSSR count). The van der Waals surface area contributed by atoms with E-state index in [1.165, 1.54) is 0 Å². The second-order valence-corrected chi connectivity index (χ2v) is 2.32. The summed E-state index contributed by atoms with van der Waals surface area (Å²) in [4.78, 5) is 23.6. The maximum Gasteiger partial charge on any atom is 0.505 e. The summed E-state index contributed by atoms with van der Waals surface area (Å²) in [6.07, 6.45) is 0.572. The molecule has 14 heavy (non-hydrogen) atoms. The normalized spacial score (nSPS) is 11.1. The van der Waals surface area contributed by atoms with Gasteiger partial charge in [0.1, 0.15) is 6.29 Å². The topological polar surface area (TPSA) is 91.8 Å². The Morgan fingerprint density at radius 3 is 2.71 bits per heavy atom. The molecule has 0 aliphatic carbocycles. The van der Waals surface area contributed by atoms with Crippen molar-refractivity contribution in [1.29, 1.82) is 5.39 Å². The second kappa shape index (κ2) is 6.60. The van der Waals surface area contributed by atoms with Gasteiger partial charge in [-0.3, -0.25) is 0 Å².